The van der Waals surface area contributed by atoms with Crippen LogP contribution < -0.4 is 5.32 Å². The van der Waals surface area contributed by atoms with Crippen molar-refractivity contribution in [2.75, 3.05) is 26.3 Å². The second-order valence-corrected chi connectivity index (χ2v) is 7.10. The molecular weight excluding hydrogens is 348 g/mol. The number of amides is 2. The Morgan fingerprint density at radius 3 is 2.44 bits per heavy atom. The summed E-state index contributed by atoms with van der Waals surface area (Å²) in [7, 11) is -3.89. The van der Waals surface area contributed by atoms with Crippen LogP contribution in [-0.2, 0) is 24.3 Å². The van der Waals surface area contributed by atoms with Gasteiger partial charge < -0.3 is 14.8 Å². The van der Waals surface area contributed by atoms with E-state index in [4.69, 9.17) is 9.47 Å². The van der Waals surface area contributed by atoms with E-state index in [0.717, 1.165) is 4.31 Å². The number of ether oxygens (including phenoxy) is 2. The van der Waals surface area contributed by atoms with E-state index in [1.165, 1.54) is 12.1 Å². The third kappa shape index (κ3) is 4.36. The molecule has 0 aliphatic carbocycles. The first-order valence-corrected chi connectivity index (χ1v) is 9.51. The number of sulfonamides is 1. The Labute approximate surface area is 147 Å². The number of carbonyl (C=O) groups is 2. The van der Waals surface area contributed by atoms with Crippen molar-refractivity contribution in [1.82, 2.24) is 9.62 Å². The van der Waals surface area contributed by atoms with Gasteiger partial charge >= 0.3 is 0 Å². The van der Waals surface area contributed by atoms with Crippen LogP contribution in [0.4, 0.5) is 0 Å². The zero-order valence-corrected chi connectivity index (χ0v) is 15.0. The predicted octanol–water partition coefficient (Wildman–Crippen LogP) is 0.737. The van der Waals surface area contributed by atoms with Crippen molar-refractivity contribution in [2.24, 2.45) is 0 Å². The van der Waals surface area contributed by atoms with Crippen molar-refractivity contribution in [2.45, 2.75) is 31.5 Å². The molecule has 1 aliphatic rings. The number of benzene rings is 1. The zero-order valence-electron chi connectivity index (χ0n) is 14.2. The molecule has 25 heavy (non-hydrogen) atoms. The fraction of sp³-hybridized carbons (Fsp3) is 0.500. The minimum atomic E-state index is -3.89. The van der Waals surface area contributed by atoms with Gasteiger partial charge in [0.2, 0.25) is 5.91 Å². The van der Waals surface area contributed by atoms with Gasteiger partial charge in [-0.15, -0.1) is 0 Å². The number of hydrogen-bond acceptors (Lipinski definition) is 6. The van der Waals surface area contributed by atoms with Gasteiger partial charge in [-0.2, -0.15) is 0 Å². The molecule has 8 nitrogen and oxygen atoms in total. The Morgan fingerprint density at radius 1 is 1.20 bits per heavy atom. The quantitative estimate of drug-likeness (QED) is 0.643. The molecule has 0 atom stereocenters. The molecule has 0 aromatic heterocycles. The topological polar surface area (TPSA) is 102 Å². The molecule has 0 bridgehead atoms. The van der Waals surface area contributed by atoms with Gasteiger partial charge in [-0.05, 0) is 26.0 Å². The minimum Gasteiger partial charge on any atom is -0.351 e. The highest BCUT2D eigenvalue weighted by Crippen LogP contribution is 2.29. The Bertz CT molecular complexity index is 728. The van der Waals surface area contributed by atoms with Crippen LogP contribution in [0.15, 0.2) is 29.2 Å². The standard InChI is InChI=1S/C16H22N2O6S/c1-3-23-15(24-4-2)11-17-14(19)9-10-18-16(20)12-7-5-6-8-13(12)25(18,21)22/h5-8,15H,3-4,9-11H2,1-2H3,(H,17,19). The Hall–Kier alpha value is -1.97. The van der Waals surface area contributed by atoms with Gasteiger partial charge in [0, 0.05) is 26.2 Å². The van der Waals surface area contributed by atoms with Gasteiger partial charge in [0.25, 0.3) is 15.9 Å². The van der Waals surface area contributed by atoms with Crippen molar-refractivity contribution < 1.29 is 27.5 Å². The van der Waals surface area contributed by atoms with Gasteiger partial charge in [-0.3, -0.25) is 9.59 Å². The summed E-state index contributed by atoms with van der Waals surface area (Å²) >= 11 is 0. The SMILES string of the molecule is CCOC(CNC(=O)CCN1C(=O)c2ccccc2S1(=O)=O)OCC. The lowest BCUT2D eigenvalue weighted by atomic mass is 10.2. The normalized spacial score (nSPS) is 15.5. The molecule has 0 spiro atoms. The number of fused-ring (bicyclic) bond motifs is 1. The fourth-order valence-corrected chi connectivity index (χ4v) is 4.05. The van der Waals surface area contributed by atoms with Gasteiger partial charge in [0.05, 0.1) is 12.1 Å². The molecule has 0 fully saturated rings. The lowest BCUT2D eigenvalue weighted by molar-refractivity contribution is -0.140. The number of carbonyl (C=O) groups excluding carboxylic acids is 2. The maximum Gasteiger partial charge on any atom is 0.269 e. The van der Waals surface area contributed by atoms with E-state index in [2.05, 4.69) is 5.32 Å². The summed E-state index contributed by atoms with van der Waals surface area (Å²) in [5.74, 6) is -0.992. The number of hydrogen-bond donors (Lipinski definition) is 1. The smallest absolute Gasteiger partial charge is 0.269 e. The summed E-state index contributed by atoms with van der Waals surface area (Å²) in [6.07, 6.45) is -0.690. The van der Waals surface area contributed by atoms with Gasteiger partial charge in [0.1, 0.15) is 4.90 Å². The maximum atomic E-state index is 12.4. The van der Waals surface area contributed by atoms with E-state index in [1.54, 1.807) is 12.1 Å². The molecule has 0 saturated carbocycles. The second kappa shape index (κ2) is 8.41. The largest absolute Gasteiger partial charge is 0.351 e. The zero-order chi connectivity index (χ0) is 18.4. The van der Waals surface area contributed by atoms with Crippen molar-refractivity contribution in [1.29, 1.82) is 0 Å². The Kier molecular flexibility index (Phi) is 6.51. The first-order chi connectivity index (χ1) is 11.9. The Balaban J connectivity index is 1.91. The first-order valence-electron chi connectivity index (χ1n) is 8.07. The van der Waals surface area contributed by atoms with Crippen LogP contribution in [0.1, 0.15) is 30.6 Å². The van der Waals surface area contributed by atoms with E-state index >= 15 is 0 Å². The Morgan fingerprint density at radius 2 is 1.84 bits per heavy atom. The molecular formula is C16H22N2O6S. The van der Waals surface area contributed by atoms with E-state index in [-0.39, 0.29) is 35.9 Å². The predicted molar refractivity (Wildman–Crippen MR) is 89.3 cm³/mol. The second-order valence-electron chi connectivity index (χ2n) is 5.27. The summed E-state index contributed by atoms with van der Waals surface area (Å²) in [4.78, 5) is 24.2. The van der Waals surface area contributed by atoms with Crippen LogP contribution in [-0.4, -0.2) is 57.1 Å². The highest BCUT2D eigenvalue weighted by molar-refractivity contribution is 7.90. The summed E-state index contributed by atoms with van der Waals surface area (Å²) < 4.78 is 36.1. The summed E-state index contributed by atoms with van der Waals surface area (Å²) in [5, 5.41) is 2.62. The summed E-state index contributed by atoms with van der Waals surface area (Å²) in [5.41, 5.74) is 0.135. The molecule has 2 amide bonds. The average Bonchev–Trinajstić information content (AvgIpc) is 2.78. The molecule has 138 valence electrons. The minimum absolute atomic E-state index is 0.0202. The molecule has 1 N–H and O–H groups in total. The van der Waals surface area contributed by atoms with Crippen LogP contribution >= 0.6 is 0 Å². The van der Waals surface area contributed by atoms with Crippen LogP contribution in [0, 0.1) is 0 Å². The van der Waals surface area contributed by atoms with Crippen LogP contribution in [0.25, 0.3) is 0 Å². The average molecular weight is 370 g/mol. The third-order valence-electron chi connectivity index (χ3n) is 3.63. The number of rotatable bonds is 9. The fourth-order valence-electron chi connectivity index (χ4n) is 2.48. The van der Waals surface area contributed by atoms with Crippen molar-refractivity contribution in [3.63, 3.8) is 0 Å². The highest BCUT2D eigenvalue weighted by atomic mass is 32.2. The molecule has 0 unspecified atom stereocenters. The molecule has 0 radical (unpaired) electrons. The molecule has 2 rings (SSSR count). The summed E-state index contributed by atoms with van der Waals surface area (Å²) in [6.45, 7) is 4.46. The molecule has 9 heteroatoms. The number of nitrogens with one attached hydrogen (secondary N) is 1. The summed E-state index contributed by atoms with van der Waals surface area (Å²) in [6, 6.07) is 6.01. The molecule has 1 aromatic rings. The van der Waals surface area contributed by atoms with Gasteiger partial charge in [0.15, 0.2) is 6.29 Å². The first kappa shape index (κ1) is 19.4. The van der Waals surface area contributed by atoms with Crippen molar-refractivity contribution in [3.8, 4) is 0 Å². The van der Waals surface area contributed by atoms with Crippen molar-refractivity contribution in [3.05, 3.63) is 29.8 Å². The maximum absolute atomic E-state index is 12.4. The van der Waals surface area contributed by atoms with Crippen LogP contribution in [0.2, 0.25) is 0 Å². The molecule has 1 heterocycles. The monoisotopic (exact) mass is 370 g/mol. The lowest BCUT2D eigenvalue weighted by Gasteiger charge is -2.18. The van der Waals surface area contributed by atoms with Gasteiger partial charge in [-0.25, -0.2) is 12.7 Å². The van der Waals surface area contributed by atoms with E-state index < -0.39 is 22.2 Å². The number of nitrogens with zero attached hydrogens (tertiary/aromatic N) is 1. The van der Waals surface area contributed by atoms with Crippen LogP contribution in [0.5, 0.6) is 0 Å². The molecule has 1 aromatic carbocycles. The molecule has 1 aliphatic heterocycles. The van der Waals surface area contributed by atoms with E-state index in [0.29, 0.717) is 13.2 Å². The third-order valence-corrected chi connectivity index (χ3v) is 5.47. The van der Waals surface area contributed by atoms with Crippen LogP contribution in [0.3, 0.4) is 0 Å². The van der Waals surface area contributed by atoms with E-state index in [9.17, 15) is 18.0 Å². The van der Waals surface area contributed by atoms with E-state index in [1.807, 2.05) is 13.8 Å². The van der Waals surface area contributed by atoms with Gasteiger partial charge in [-0.1, -0.05) is 12.1 Å². The van der Waals surface area contributed by atoms with Crippen molar-refractivity contribution >= 4 is 21.8 Å². The lowest BCUT2D eigenvalue weighted by Crippen LogP contribution is -2.38. The highest BCUT2D eigenvalue weighted by Gasteiger charge is 2.40. The molecule has 0 saturated heterocycles.